The maximum Gasteiger partial charge on any atom is 0.0210 e. The molecule has 0 spiro atoms. The molecule has 0 unspecified atom stereocenters. The Morgan fingerprint density at radius 3 is 1.54 bits per heavy atom. The highest BCUT2D eigenvalue weighted by Crippen LogP contribution is 2.17. The second-order valence-electron chi connectivity index (χ2n) is 9.07. The third-order valence-electron chi connectivity index (χ3n) is 5.77. The van der Waals surface area contributed by atoms with Crippen molar-refractivity contribution in [1.82, 2.24) is 5.32 Å². The van der Waals surface area contributed by atoms with Gasteiger partial charge >= 0.3 is 0 Å². The van der Waals surface area contributed by atoms with E-state index in [0.717, 1.165) is 6.54 Å². The Morgan fingerprint density at radius 1 is 0.643 bits per heavy atom. The normalized spacial score (nSPS) is 11.4. The Hall–Kier alpha value is -0.530. The summed E-state index contributed by atoms with van der Waals surface area (Å²) in [6.45, 7) is 7.96. The highest BCUT2D eigenvalue weighted by Gasteiger charge is 2.15. The lowest BCUT2D eigenvalue weighted by Gasteiger charge is -2.26. The summed E-state index contributed by atoms with van der Waals surface area (Å²) < 4.78 is 0. The van der Waals surface area contributed by atoms with Crippen LogP contribution in [0.4, 0.5) is 0 Å². The van der Waals surface area contributed by atoms with E-state index in [2.05, 4.69) is 56.4 Å². The van der Waals surface area contributed by atoms with E-state index < -0.39 is 0 Å². The van der Waals surface area contributed by atoms with Gasteiger partial charge in [0.1, 0.15) is 0 Å². The lowest BCUT2D eigenvalue weighted by Crippen LogP contribution is -2.38. The molecule has 0 aliphatic carbocycles. The zero-order valence-electron chi connectivity index (χ0n) is 19.1. The first kappa shape index (κ1) is 27.5. The molecule has 0 atom stereocenters. The standard InChI is InChI=1S/C26H47N.ClH/c1-4-5-6-7-8-9-10-11-12-13-14-15-16-20-23-26(2,3)27-24-25-21-18-17-19-22-25;/h17-19,21-22,27H,4-16,20,23-24H2,1-3H3;1H. The van der Waals surface area contributed by atoms with Crippen molar-refractivity contribution in [2.24, 2.45) is 0 Å². The van der Waals surface area contributed by atoms with E-state index in [0.29, 0.717) is 0 Å². The summed E-state index contributed by atoms with van der Waals surface area (Å²) in [6.07, 6.45) is 21.4. The van der Waals surface area contributed by atoms with Gasteiger partial charge < -0.3 is 5.32 Å². The predicted octanol–water partition coefficient (Wildman–Crippen LogP) is 8.85. The van der Waals surface area contributed by atoms with E-state index in [-0.39, 0.29) is 17.9 Å². The Labute approximate surface area is 182 Å². The molecule has 164 valence electrons. The lowest BCUT2D eigenvalue weighted by atomic mass is 9.95. The Bertz CT molecular complexity index is 429. The second kappa shape index (κ2) is 18.5. The van der Waals surface area contributed by atoms with Crippen molar-refractivity contribution in [2.75, 3.05) is 0 Å². The van der Waals surface area contributed by atoms with Crippen LogP contribution >= 0.6 is 12.4 Å². The fraction of sp³-hybridized carbons (Fsp3) is 0.769. The zero-order chi connectivity index (χ0) is 19.6. The van der Waals surface area contributed by atoms with Gasteiger partial charge in [0.2, 0.25) is 0 Å². The lowest BCUT2D eigenvalue weighted by molar-refractivity contribution is 0.344. The molecular formula is C26H48ClN. The van der Waals surface area contributed by atoms with Crippen LogP contribution < -0.4 is 5.32 Å². The molecule has 1 aromatic rings. The smallest absolute Gasteiger partial charge is 0.0210 e. The highest BCUT2D eigenvalue weighted by molar-refractivity contribution is 5.85. The number of hydrogen-bond donors (Lipinski definition) is 1. The molecule has 28 heavy (non-hydrogen) atoms. The zero-order valence-corrected chi connectivity index (χ0v) is 19.9. The van der Waals surface area contributed by atoms with E-state index in [1.807, 2.05) is 0 Å². The molecule has 2 heteroatoms. The highest BCUT2D eigenvalue weighted by atomic mass is 35.5. The van der Waals surface area contributed by atoms with E-state index in [4.69, 9.17) is 0 Å². The Balaban J connectivity index is 0.00000729. The van der Waals surface area contributed by atoms with Crippen LogP contribution in [0.1, 0.15) is 123 Å². The van der Waals surface area contributed by atoms with Crippen LogP contribution in [0.3, 0.4) is 0 Å². The van der Waals surface area contributed by atoms with Crippen molar-refractivity contribution in [3.63, 3.8) is 0 Å². The Morgan fingerprint density at radius 2 is 1.07 bits per heavy atom. The summed E-state index contributed by atoms with van der Waals surface area (Å²) in [6, 6.07) is 10.7. The van der Waals surface area contributed by atoms with Gasteiger partial charge in [-0.2, -0.15) is 0 Å². The van der Waals surface area contributed by atoms with Crippen molar-refractivity contribution in [3.8, 4) is 0 Å². The van der Waals surface area contributed by atoms with Gasteiger partial charge in [-0.15, -0.1) is 12.4 Å². The summed E-state index contributed by atoms with van der Waals surface area (Å²) >= 11 is 0. The van der Waals surface area contributed by atoms with Crippen LogP contribution in [0.5, 0.6) is 0 Å². The van der Waals surface area contributed by atoms with Crippen molar-refractivity contribution < 1.29 is 0 Å². The molecule has 0 fully saturated rings. The van der Waals surface area contributed by atoms with Crippen molar-refractivity contribution in [2.45, 2.75) is 129 Å². The topological polar surface area (TPSA) is 12.0 Å². The molecule has 0 amide bonds. The van der Waals surface area contributed by atoms with Gasteiger partial charge in [-0.05, 0) is 25.8 Å². The van der Waals surface area contributed by atoms with Crippen LogP contribution in [0.25, 0.3) is 0 Å². The molecule has 0 saturated heterocycles. The molecule has 1 N–H and O–H groups in total. The first-order chi connectivity index (χ1) is 13.1. The minimum atomic E-state index is 0. The molecular weight excluding hydrogens is 362 g/mol. The molecule has 0 aliphatic heterocycles. The maximum absolute atomic E-state index is 3.72. The fourth-order valence-corrected chi connectivity index (χ4v) is 3.79. The van der Waals surface area contributed by atoms with Gasteiger partial charge in [0.15, 0.2) is 0 Å². The van der Waals surface area contributed by atoms with Gasteiger partial charge in [-0.25, -0.2) is 0 Å². The summed E-state index contributed by atoms with van der Waals surface area (Å²) in [4.78, 5) is 0. The largest absolute Gasteiger partial charge is 0.308 e. The van der Waals surface area contributed by atoms with Gasteiger partial charge in [-0.1, -0.05) is 127 Å². The number of hydrogen-bond acceptors (Lipinski definition) is 1. The second-order valence-corrected chi connectivity index (χ2v) is 9.07. The number of halogens is 1. The molecule has 1 rings (SSSR count). The first-order valence-electron chi connectivity index (χ1n) is 11.9. The minimum absolute atomic E-state index is 0. The van der Waals surface area contributed by atoms with Gasteiger partial charge in [0.05, 0.1) is 0 Å². The van der Waals surface area contributed by atoms with Crippen LogP contribution in [0, 0.1) is 0 Å². The van der Waals surface area contributed by atoms with E-state index >= 15 is 0 Å². The number of nitrogens with one attached hydrogen (secondary N) is 1. The van der Waals surface area contributed by atoms with Gasteiger partial charge in [-0.3, -0.25) is 0 Å². The number of unbranched alkanes of at least 4 members (excludes halogenated alkanes) is 13. The summed E-state index contributed by atoms with van der Waals surface area (Å²) in [7, 11) is 0. The molecule has 0 radical (unpaired) electrons. The summed E-state index contributed by atoms with van der Waals surface area (Å²) in [5.74, 6) is 0. The third kappa shape index (κ3) is 16.4. The van der Waals surface area contributed by atoms with Crippen LogP contribution in [-0.4, -0.2) is 5.54 Å². The average molecular weight is 410 g/mol. The fourth-order valence-electron chi connectivity index (χ4n) is 3.79. The van der Waals surface area contributed by atoms with Gasteiger partial charge in [0, 0.05) is 12.1 Å². The minimum Gasteiger partial charge on any atom is -0.308 e. The summed E-state index contributed by atoms with van der Waals surface area (Å²) in [5.41, 5.74) is 1.62. The van der Waals surface area contributed by atoms with Crippen molar-refractivity contribution >= 4 is 12.4 Å². The van der Waals surface area contributed by atoms with Crippen LogP contribution in [0.2, 0.25) is 0 Å². The van der Waals surface area contributed by atoms with Crippen LogP contribution in [-0.2, 0) is 6.54 Å². The average Bonchev–Trinajstić information content (AvgIpc) is 2.67. The molecule has 0 aromatic heterocycles. The van der Waals surface area contributed by atoms with Crippen molar-refractivity contribution in [3.05, 3.63) is 35.9 Å². The van der Waals surface area contributed by atoms with E-state index in [9.17, 15) is 0 Å². The summed E-state index contributed by atoms with van der Waals surface area (Å²) in [5, 5.41) is 3.72. The molecule has 0 bridgehead atoms. The quantitative estimate of drug-likeness (QED) is 0.238. The molecule has 0 aliphatic rings. The van der Waals surface area contributed by atoms with Crippen molar-refractivity contribution in [1.29, 1.82) is 0 Å². The third-order valence-corrected chi connectivity index (χ3v) is 5.77. The first-order valence-corrected chi connectivity index (χ1v) is 11.9. The molecule has 1 nitrogen and oxygen atoms in total. The monoisotopic (exact) mass is 409 g/mol. The van der Waals surface area contributed by atoms with E-state index in [1.54, 1.807) is 0 Å². The van der Waals surface area contributed by atoms with Gasteiger partial charge in [0.25, 0.3) is 0 Å². The predicted molar refractivity (Wildman–Crippen MR) is 130 cm³/mol. The molecule has 0 saturated carbocycles. The SMILES string of the molecule is CCCCCCCCCCCCCCCCC(C)(C)NCc1ccccc1.Cl. The number of benzene rings is 1. The molecule has 1 aromatic carbocycles. The van der Waals surface area contributed by atoms with E-state index in [1.165, 1.54) is 102 Å². The maximum atomic E-state index is 3.72. The van der Waals surface area contributed by atoms with Crippen LogP contribution in [0.15, 0.2) is 30.3 Å². The molecule has 0 heterocycles. The Kier molecular flexibility index (Phi) is 18.1. The number of rotatable bonds is 18.